The molecule has 5 nitrogen and oxygen atoms in total. The number of hydrogen-bond acceptors (Lipinski definition) is 5. The van der Waals surface area contributed by atoms with Crippen molar-refractivity contribution >= 4 is 22.0 Å². The molecule has 1 unspecified atom stereocenters. The van der Waals surface area contributed by atoms with E-state index in [4.69, 9.17) is 0 Å². The van der Waals surface area contributed by atoms with Crippen molar-refractivity contribution < 1.29 is 10.0 Å². The molecule has 0 aliphatic heterocycles. The van der Waals surface area contributed by atoms with Crippen molar-refractivity contribution in [1.82, 2.24) is 0 Å². The lowest BCUT2D eigenvalue weighted by Crippen LogP contribution is -2.37. The van der Waals surface area contributed by atoms with Crippen molar-refractivity contribution in [3.05, 3.63) is 21.1 Å². The van der Waals surface area contributed by atoms with Crippen LogP contribution in [0.25, 0.3) is 0 Å². The van der Waals surface area contributed by atoms with Crippen LogP contribution in [0.3, 0.4) is 0 Å². The Morgan fingerprint density at radius 1 is 1.48 bits per heavy atom. The fraction of sp³-hybridized carbons (Fsp3) is 0.733. The topological polar surface area (TPSA) is 66.6 Å². The molecule has 0 amide bonds. The Kier molecular flexibility index (Phi) is 4.58. The molecule has 1 aliphatic carbocycles. The van der Waals surface area contributed by atoms with E-state index in [9.17, 15) is 15.2 Å². The third kappa shape index (κ3) is 3.55. The van der Waals surface area contributed by atoms with E-state index in [0.29, 0.717) is 21.3 Å². The van der Waals surface area contributed by atoms with Gasteiger partial charge in [-0.25, -0.2) is 0 Å². The van der Waals surface area contributed by atoms with E-state index < -0.39 is 6.10 Å². The third-order valence-corrected chi connectivity index (χ3v) is 5.88. The molecule has 21 heavy (non-hydrogen) atoms. The monoisotopic (exact) mass is 312 g/mol. The molecule has 6 heteroatoms. The number of nitrogens with zero attached hydrogens (tertiary/aromatic N) is 2. The minimum atomic E-state index is -0.666. The Labute approximate surface area is 129 Å². The van der Waals surface area contributed by atoms with Crippen molar-refractivity contribution in [3.8, 4) is 0 Å². The summed E-state index contributed by atoms with van der Waals surface area (Å²) in [6, 6.07) is 1.85. The zero-order valence-electron chi connectivity index (χ0n) is 13.1. The van der Waals surface area contributed by atoms with Crippen LogP contribution in [0.15, 0.2) is 6.07 Å². The largest absolute Gasteiger partial charge is 0.388 e. The van der Waals surface area contributed by atoms with Gasteiger partial charge in [0.05, 0.1) is 11.0 Å². The third-order valence-electron chi connectivity index (χ3n) is 4.50. The molecule has 1 heterocycles. The molecule has 1 aliphatic rings. The van der Waals surface area contributed by atoms with Gasteiger partial charge in [0.2, 0.25) is 0 Å². The molecule has 0 saturated heterocycles. The van der Waals surface area contributed by atoms with Crippen molar-refractivity contribution in [1.29, 1.82) is 0 Å². The Morgan fingerprint density at radius 3 is 2.52 bits per heavy atom. The summed E-state index contributed by atoms with van der Waals surface area (Å²) in [6.07, 6.45) is 3.74. The van der Waals surface area contributed by atoms with Gasteiger partial charge in [0.25, 0.3) is 0 Å². The second-order valence-corrected chi connectivity index (χ2v) is 7.84. The highest BCUT2D eigenvalue weighted by Gasteiger charge is 2.32. The van der Waals surface area contributed by atoms with Crippen LogP contribution in [0.5, 0.6) is 0 Å². The quantitative estimate of drug-likeness (QED) is 0.671. The summed E-state index contributed by atoms with van der Waals surface area (Å²) in [4.78, 5) is 13.6. The molecule has 118 valence electrons. The summed E-state index contributed by atoms with van der Waals surface area (Å²) in [5, 5.41) is 21.6. The Balaban J connectivity index is 2.22. The molecule has 1 saturated carbocycles. The van der Waals surface area contributed by atoms with Gasteiger partial charge in [0.15, 0.2) is 5.00 Å². The van der Waals surface area contributed by atoms with E-state index in [-0.39, 0.29) is 10.6 Å². The van der Waals surface area contributed by atoms with Crippen molar-refractivity contribution in [3.63, 3.8) is 0 Å². The second kappa shape index (κ2) is 5.93. The summed E-state index contributed by atoms with van der Waals surface area (Å²) in [5.41, 5.74) is 0.493. The van der Waals surface area contributed by atoms with E-state index in [2.05, 4.69) is 13.8 Å². The van der Waals surface area contributed by atoms with Crippen LogP contribution in [0.2, 0.25) is 0 Å². The van der Waals surface area contributed by atoms with E-state index in [0.717, 1.165) is 25.7 Å². The summed E-state index contributed by atoms with van der Waals surface area (Å²) >= 11 is 1.33. The van der Waals surface area contributed by atoms with Crippen LogP contribution in [-0.4, -0.2) is 23.1 Å². The SMILES string of the molecule is CC(O)c1cc([N+](=O)[O-])c(N(C)C2CCC(C)(C)CC2)s1. The number of nitro groups is 1. The van der Waals surface area contributed by atoms with E-state index in [1.807, 2.05) is 11.9 Å². The first-order valence-corrected chi connectivity index (χ1v) is 8.22. The lowest BCUT2D eigenvalue weighted by Gasteiger charge is -2.38. The number of thiophene rings is 1. The minimum absolute atomic E-state index is 0.114. The van der Waals surface area contributed by atoms with Gasteiger partial charge < -0.3 is 10.0 Å². The summed E-state index contributed by atoms with van der Waals surface area (Å²) in [6.45, 7) is 6.20. The van der Waals surface area contributed by atoms with Gasteiger partial charge >= 0.3 is 5.69 Å². The van der Waals surface area contributed by atoms with Crippen LogP contribution >= 0.6 is 11.3 Å². The standard InChI is InChI=1S/C15H24N2O3S/c1-10(18)13-9-12(17(19)20)14(21-13)16(4)11-5-7-15(2,3)8-6-11/h9-11,18H,5-8H2,1-4H3. The molecule has 1 N–H and O–H groups in total. The van der Waals surface area contributed by atoms with Crippen LogP contribution < -0.4 is 4.90 Å². The maximum atomic E-state index is 11.3. The van der Waals surface area contributed by atoms with E-state index in [1.54, 1.807) is 6.92 Å². The van der Waals surface area contributed by atoms with Crippen LogP contribution in [0.4, 0.5) is 10.7 Å². The summed E-state index contributed by atoms with van der Waals surface area (Å²) < 4.78 is 0. The second-order valence-electron chi connectivity index (χ2n) is 6.78. The van der Waals surface area contributed by atoms with Crippen molar-refractivity contribution in [2.45, 2.75) is 58.6 Å². The number of aliphatic hydroxyl groups excluding tert-OH is 1. The number of anilines is 1. The zero-order chi connectivity index (χ0) is 15.8. The van der Waals surface area contributed by atoms with Gasteiger partial charge in [0.1, 0.15) is 0 Å². The molecular weight excluding hydrogens is 288 g/mol. The predicted molar refractivity (Wildman–Crippen MR) is 86.0 cm³/mol. The minimum Gasteiger partial charge on any atom is -0.388 e. The number of aliphatic hydroxyl groups is 1. The van der Waals surface area contributed by atoms with Crippen LogP contribution in [0.1, 0.15) is 57.4 Å². The molecule has 0 bridgehead atoms. The Morgan fingerprint density at radius 2 is 2.05 bits per heavy atom. The molecule has 1 aromatic heterocycles. The molecule has 0 aromatic carbocycles. The van der Waals surface area contributed by atoms with Crippen LogP contribution in [-0.2, 0) is 0 Å². The summed E-state index contributed by atoms with van der Waals surface area (Å²) in [7, 11) is 1.94. The maximum absolute atomic E-state index is 11.3. The first-order valence-electron chi connectivity index (χ1n) is 7.40. The Hall–Kier alpha value is -1.14. The highest BCUT2D eigenvalue weighted by molar-refractivity contribution is 7.16. The number of hydrogen-bond donors (Lipinski definition) is 1. The fourth-order valence-corrected chi connectivity index (χ4v) is 4.01. The van der Waals surface area contributed by atoms with E-state index >= 15 is 0 Å². The highest BCUT2D eigenvalue weighted by atomic mass is 32.1. The van der Waals surface area contributed by atoms with Crippen molar-refractivity contribution in [2.24, 2.45) is 5.41 Å². The average Bonchev–Trinajstić information content (AvgIpc) is 2.83. The molecule has 1 fully saturated rings. The van der Waals surface area contributed by atoms with Gasteiger partial charge in [-0.1, -0.05) is 13.8 Å². The Bertz CT molecular complexity index is 515. The smallest absolute Gasteiger partial charge is 0.304 e. The first-order chi connectivity index (χ1) is 9.71. The van der Waals surface area contributed by atoms with Gasteiger partial charge in [-0.15, -0.1) is 11.3 Å². The van der Waals surface area contributed by atoms with Crippen LogP contribution in [0, 0.1) is 15.5 Å². The molecule has 2 rings (SSSR count). The highest BCUT2D eigenvalue weighted by Crippen LogP contribution is 2.43. The van der Waals surface area contributed by atoms with E-state index in [1.165, 1.54) is 17.4 Å². The number of rotatable bonds is 4. The lowest BCUT2D eigenvalue weighted by molar-refractivity contribution is -0.383. The van der Waals surface area contributed by atoms with Gasteiger partial charge in [-0.3, -0.25) is 10.1 Å². The first kappa shape index (κ1) is 16.2. The normalized spacial score (nSPS) is 20.2. The predicted octanol–water partition coefficient (Wildman–Crippen LogP) is 4.11. The molecule has 0 radical (unpaired) electrons. The summed E-state index contributed by atoms with van der Waals surface area (Å²) in [5.74, 6) is 0. The fourth-order valence-electron chi connectivity index (χ4n) is 2.92. The lowest BCUT2D eigenvalue weighted by atomic mass is 9.75. The maximum Gasteiger partial charge on any atom is 0.304 e. The molecule has 0 spiro atoms. The van der Waals surface area contributed by atoms with Gasteiger partial charge in [-0.2, -0.15) is 0 Å². The zero-order valence-corrected chi connectivity index (χ0v) is 13.9. The average molecular weight is 312 g/mol. The molecular formula is C15H24N2O3S. The van der Waals surface area contributed by atoms with Crippen molar-refractivity contribution in [2.75, 3.05) is 11.9 Å². The van der Waals surface area contributed by atoms with Gasteiger partial charge in [-0.05, 0) is 38.0 Å². The molecule has 1 aromatic rings. The molecule has 1 atom stereocenters. The van der Waals surface area contributed by atoms with Gasteiger partial charge in [0, 0.05) is 24.0 Å².